The molecule has 0 fully saturated rings. The second-order valence-electron chi connectivity index (χ2n) is 20.6. The lowest BCUT2D eigenvalue weighted by Crippen LogP contribution is -2.34. The van der Waals surface area contributed by atoms with Gasteiger partial charge in [0.1, 0.15) is 23.1 Å². The number of nitrogens with two attached hydrogens (primary N) is 1. The van der Waals surface area contributed by atoms with E-state index in [1.807, 2.05) is 149 Å². The van der Waals surface area contributed by atoms with E-state index in [-0.39, 0.29) is 63.3 Å². The number of rotatable bonds is 16. The fourth-order valence-corrected chi connectivity index (χ4v) is 9.00. The summed E-state index contributed by atoms with van der Waals surface area (Å²) >= 11 is 0. The highest BCUT2D eigenvalue weighted by atomic mass is 16.5. The molecule has 0 saturated heterocycles. The number of hydrogen-bond acceptors (Lipinski definition) is 14. The molecule has 0 bridgehead atoms. The van der Waals surface area contributed by atoms with Crippen LogP contribution in [0.1, 0.15) is 148 Å². The first-order valence-electron chi connectivity index (χ1n) is 26.8. The summed E-state index contributed by atoms with van der Waals surface area (Å²) in [4.78, 5) is 91.9. The number of nitrogens with one attached hydrogen (secondary N) is 4. The number of hydrogen-bond donors (Lipinski definition) is 5. The van der Waals surface area contributed by atoms with Crippen LogP contribution in [0, 0.1) is 50.4 Å². The Morgan fingerprint density at radius 3 is 1.35 bits per heavy atom. The first kappa shape index (κ1) is 67.9. The van der Waals surface area contributed by atoms with Crippen LogP contribution in [0.4, 0.5) is 5.82 Å². The van der Waals surface area contributed by atoms with Gasteiger partial charge in [0.15, 0.2) is 0 Å². The largest absolute Gasteiger partial charge is 0.440 e. The number of nitriles is 2. The zero-order valence-electron chi connectivity index (χ0n) is 48.7. The normalized spacial score (nSPS) is 10.9. The fraction of sp³-hybridized carbons (Fsp3) is 0.273. The minimum atomic E-state index is -0.619. The van der Waals surface area contributed by atoms with Crippen molar-refractivity contribution >= 4 is 24.0 Å². The van der Waals surface area contributed by atoms with E-state index in [4.69, 9.17) is 30.5 Å². The van der Waals surface area contributed by atoms with Crippen LogP contribution in [0.5, 0.6) is 34.9 Å². The number of allylic oxidation sites excluding steroid dienone is 3. The quantitative estimate of drug-likeness (QED) is 0.0562. The van der Waals surface area contributed by atoms with Crippen LogP contribution in [-0.4, -0.2) is 39.0 Å². The molecule has 0 radical (unpaired) electrons. The Morgan fingerprint density at radius 2 is 0.942 bits per heavy atom. The lowest BCUT2D eigenvalue weighted by Gasteiger charge is -2.19. The van der Waals surface area contributed by atoms with Gasteiger partial charge in [-0.15, -0.1) is 0 Å². The third-order valence-corrected chi connectivity index (χ3v) is 12.5. The number of anilines is 1. The maximum atomic E-state index is 12.8. The Labute approximate surface area is 499 Å². The summed E-state index contributed by atoms with van der Waals surface area (Å²) in [6, 6.07) is 27.7. The first-order valence-corrected chi connectivity index (χ1v) is 26.8. The maximum absolute atomic E-state index is 12.8. The van der Waals surface area contributed by atoms with Crippen molar-refractivity contribution in [2.75, 3.05) is 5.73 Å². The molecule has 6 N–H and O–H groups in total. The van der Waals surface area contributed by atoms with Crippen LogP contribution >= 0.6 is 0 Å². The van der Waals surface area contributed by atoms with E-state index in [9.17, 15) is 28.8 Å². The summed E-state index contributed by atoms with van der Waals surface area (Å²) < 4.78 is 21.0. The number of aromatic amines is 4. The molecule has 86 heavy (non-hydrogen) atoms. The molecular formula is C66H75N11O9. The number of aryl methyl sites for hydroxylation is 4. The molecule has 448 valence electrons. The molecule has 5 aromatic heterocycles. The van der Waals surface area contributed by atoms with Crippen LogP contribution in [0.25, 0.3) is 18.2 Å². The molecule has 0 aliphatic rings. The van der Waals surface area contributed by atoms with Crippen molar-refractivity contribution in [3.8, 4) is 47.0 Å². The Morgan fingerprint density at radius 1 is 0.535 bits per heavy atom. The van der Waals surface area contributed by atoms with E-state index in [0.29, 0.717) is 39.8 Å². The van der Waals surface area contributed by atoms with Gasteiger partial charge in [0, 0.05) is 30.2 Å². The minimum absolute atomic E-state index is 0. The van der Waals surface area contributed by atoms with Crippen LogP contribution in [-0.2, 0) is 13.1 Å². The van der Waals surface area contributed by atoms with Gasteiger partial charge in [-0.1, -0.05) is 86.7 Å². The number of aromatic nitrogens is 8. The summed E-state index contributed by atoms with van der Waals surface area (Å²) in [6.07, 6.45) is 13.2. The summed E-state index contributed by atoms with van der Waals surface area (Å²) in [5, 5.41) is 17.4. The van der Waals surface area contributed by atoms with Crippen molar-refractivity contribution in [2.24, 2.45) is 0 Å². The zero-order valence-corrected chi connectivity index (χ0v) is 48.7. The van der Waals surface area contributed by atoms with Gasteiger partial charge < -0.3 is 19.9 Å². The van der Waals surface area contributed by atoms with Gasteiger partial charge in [-0.25, -0.2) is 19.4 Å². The molecular weight excluding hydrogens is 1090 g/mol. The van der Waals surface area contributed by atoms with Crippen molar-refractivity contribution in [3.05, 3.63) is 239 Å². The first-order chi connectivity index (χ1) is 40.0. The fourth-order valence-electron chi connectivity index (χ4n) is 9.00. The molecule has 8 aromatic rings. The van der Waals surface area contributed by atoms with Gasteiger partial charge in [0.25, 0.3) is 16.7 Å². The number of nitrogen functional groups attached to an aromatic ring is 1. The molecule has 0 aliphatic carbocycles. The molecule has 0 saturated carbocycles. The van der Waals surface area contributed by atoms with Gasteiger partial charge >= 0.3 is 17.1 Å². The van der Waals surface area contributed by atoms with E-state index < -0.39 is 33.7 Å². The minimum Gasteiger partial charge on any atom is -0.440 e. The van der Waals surface area contributed by atoms with Crippen molar-refractivity contribution in [3.63, 3.8) is 0 Å². The van der Waals surface area contributed by atoms with E-state index in [1.165, 1.54) is 21.3 Å². The number of benzene rings is 3. The molecule has 5 heterocycles. The summed E-state index contributed by atoms with van der Waals surface area (Å²) in [5.41, 5.74) is 11.7. The van der Waals surface area contributed by atoms with Gasteiger partial charge in [-0.2, -0.15) is 10.5 Å². The van der Waals surface area contributed by atoms with E-state index in [1.54, 1.807) is 54.9 Å². The second-order valence-corrected chi connectivity index (χ2v) is 20.6. The smallest absolute Gasteiger partial charge is 0.331 e. The second kappa shape index (κ2) is 31.2. The lowest BCUT2D eigenvalue weighted by molar-refractivity contribution is 0.410. The number of H-pyrrole nitrogens is 4. The highest BCUT2D eigenvalue weighted by Crippen LogP contribution is 2.32. The van der Waals surface area contributed by atoms with Crippen LogP contribution in [0.15, 0.2) is 138 Å². The van der Waals surface area contributed by atoms with E-state index in [2.05, 4.69) is 29.9 Å². The molecule has 20 nitrogen and oxygen atoms in total. The van der Waals surface area contributed by atoms with Crippen LogP contribution in [0.2, 0.25) is 0 Å². The monoisotopic (exact) mass is 1170 g/mol. The summed E-state index contributed by atoms with van der Waals surface area (Å²) in [5.74, 6) is 1.98. The maximum Gasteiger partial charge on any atom is 0.331 e. The SMILES string of the molecule is C.C.C/C=C/c1cc(C)cc(Oc2c(C(C)C)c(=O)[nH]c(=O)n2Cc2ccnc(N)c2)c1.Cc1cc(/C=C/C#N)cc(Oc2[nH]c(=O)[nH]c(=O)c2C(C)C)c1.Cc1cc(/C=C/C#N)cc(Oc2c(C(C)C)c(=O)[nH]c(=O)n2Cc2ccnc(C)c2)c1. The van der Waals surface area contributed by atoms with Crippen molar-refractivity contribution < 1.29 is 14.2 Å². The van der Waals surface area contributed by atoms with E-state index >= 15 is 0 Å². The number of pyridine rings is 2. The molecule has 0 spiro atoms. The Hall–Kier alpha value is -10.6. The average molecular weight is 1170 g/mol. The van der Waals surface area contributed by atoms with Gasteiger partial charge in [-0.05, 0) is 170 Å². The van der Waals surface area contributed by atoms with Gasteiger partial charge in [-0.3, -0.25) is 48.4 Å². The average Bonchev–Trinajstić information content (AvgIpc) is 1.04. The van der Waals surface area contributed by atoms with Gasteiger partial charge in [0.2, 0.25) is 17.6 Å². The van der Waals surface area contributed by atoms with Crippen LogP contribution in [0.3, 0.4) is 0 Å². The Bertz CT molecular complexity index is 4250. The highest BCUT2D eigenvalue weighted by molar-refractivity contribution is 5.57. The van der Waals surface area contributed by atoms with Gasteiger partial charge in [0.05, 0.1) is 41.9 Å². The molecule has 0 unspecified atom stereocenters. The Balaban J connectivity index is 0.000000276. The third-order valence-electron chi connectivity index (χ3n) is 12.5. The van der Waals surface area contributed by atoms with E-state index in [0.717, 1.165) is 50.2 Å². The molecule has 0 atom stereocenters. The topological polar surface area (TPSA) is 303 Å². The summed E-state index contributed by atoms with van der Waals surface area (Å²) in [7, 11) is 0. The number of ether oxygens (including phenoxy) is 3. The van der Waals surface area contributed by atoms with Crippen LogP contribution < -0.4 is 53.7 Å². The molecule has 0 amide bonds. The lowest BCUT2D eigenvalue weighted by atomic mass is 10.1. The summed E-state index contributed by atoms with van der Waals surface area (Å²) in [6.45, 7) is 21.2. The zero-order chi connectivity index (χ0) is 61.4. The standard InChI is InChI=1S/C24H24N4O3.C23H26N4O3.C17H17N3O3.2CH4/c1-15(2)21-22(29)27-24(30)28(14-19-7-9-26-17(4)12-19)23(21)31-20-11-16(3)10-18(13-20)6-5-8-25;1-5-6-16-9-15(4)10-18(11-16)30-22-20(14(2)3)21(28)26-23(29)27(22)13-17-7-8-25-19(24)12-17;1-10(2)14-15(21)19-17(22)20-16(14)23-13-8-11(3)7-12(9-13)5-4-6-18;;/h5-7,9-13,15H,14H2,1-4H3,(H,27,29,30);5-12,14H,13H2,1-4H3,(H2,24,25)(H,26,28,29);4-5,7-10H,1-3H3,(H2,19,20,21,22);2*1H4/b2*6-5+;5-4+;;. The third kappa shape index (κ3) is 18.5. The predicted octanol–water partition coefficient (Wildman–Crippen LogP) is 12.0. The number of nitrogens with zero attached hydrogens (tertiary/aromatic N) is 6. The van der Waals surface area contributed by atoms with Crippen molar-refractivity contribution in [1.29, 1.82) is 10.5 Å². The molecule has 0 aliphatic heterocycles. The van der Waals surface area contributed by atoms with Crippen molar-refractivity contribution in [2.45, 2.75) is 122 Å². The molecule has 8 rings (SSSR count). The molecule has 3 aromatic carbocycles. The predicted molar refractivity (Wildman–Crippen MR) is 340 cm³/mol. The van der Waals surface area contributed by atoms with Crippen molar-refractivity contribution in [1.82, 2.24) is 39.0 Å². The molecule has 20 heteroatoms. The Kier molecular flexibility index (Phi) is 24.6. The highest BCUT2D eigenvalue weighted by Gasteiger charge is 2.23.